The molecule has 144 valence electrons. The number of carbonyl (C=O) groups excluding carboxylic acids is 1. The Labute approximate surface area is 150 Å². The van der Waals surface area contributed by atoms with Gasteiger partial charge in [-0.3, -0.25) is 4.79 Å². The van der Waals surface area contributed by atoms with Gasteiger partial charge in [-0.15, -0.1) is 0 Å². The zero-order valence-electron chi connectivity index (χ0n) is 16.7. The molecule has 24 heavy (non-hydrogen) atoms. The summed E-state index contributed by atoms with van der Waals surface area (Å²) in [5.41, 5.74) is 5.15. The first-order valence-electron chi connectivity index (χ1n) is 10.2. The summed E-state index contributed by atoms with van der Waals surface area (Å²) in [7, 11) is 0. The van der Waals surface area contributed by atoms with E-state index in [4.69, 9.17) is 10.5 Å². The van der Waals surface area contributed by atoms with Crippen LogP contribution in [0.2, 0.25) is 0 Å². The highest BCUT2D eigenvalue weighted by molar-refractivity contribution is 5.74. The number of nitrogens with zero attached hydrogens (tertiary/aromatic N) is 1. The lowest BCUT2D eigenvalue weighted by atomic mass is 9.96. The quantitative estimate of drug-likeness (QED) is 0.403. The second kappa shape index (κ2) is 15.9. The first kappa shape index (κ1) is 23.4. The van der Waals surface area contributed by atoms with E-state index in [1.807, 2.05) is 0 Å². The van der Waals surface area contributed by atoms with Gasteiger partial charge in [0.1, 0.15) is 6.61 Å². The number of carbonyl (C=O) groups is 1. The SMILES string of the molecule is CCCCC(CC)CN(CCOCC(N)=O)CC(CC)CCCC. The standard InChI is InChI=1S/C20H42N2O2/c1-5-9-11-18(7-3)15-22(13-14-24-17-20(21)23)16-19(8-4)12-10-6-2/h18-19H,5-17H2,1-4H3,(H2,21,23). The van der Waals surface area contributed by atoms with Crippen molar-refractivity contribution >= 4 is 5.91 Å². The Hall–Kier alpha value is -0.610. The number of hydrogen-bond donors (Lipinski definition) is 1. The topological polar surface area (TPSA) is 55.6 Å². The highest BCUT2D eigenvalue weighted by atomic mass is 16.5. The summed E-state index contributed by atoms with van der Waals surface area (Å²) in [5, 5.41) is 0. The zero-order valence-corrected chi connectivity index (χ0v) is 16.7. The summed E-state index contributed by atoms with van der Waals surface area (Å²) in [5.74, 6) is 1.15. The van der Waals surface area contributed by atoms with Crippen LogP contribution in [0.4, 0.5) is 0 Å². The Bertz CT molecular complexity index is 279. The average molecular weight is 343 g/mol. The maximum Gasteiger partial charge on any atom is 0.243 e. The first-order chi connectivity index (χ1) is 11.6. The second-order valence-corrected chi connectivity index (χ2v) is 7.11. The van der Waals surface area contributed by atoms with E-state index in [0.29, 0.717) is 6.61 Å². The highest BCUT2D eigenvalue weighted by Gasteiger charge is 2.16. The van der Waals surface area contributed by atoms with Gasteiger partial charge in [0.15, 0.2) is 0 Å². The minimum atomic E-state index is -0.384. The molecule has 0 aromatic heterocycles. The first-order valence-corrected chi connectivity index (χ1v) is 10.2. The summed E-state index contributed by atoms with van der Waals surface area (Å²) in [6, 6.07) is 0. The van der Waals surface area contributed by atoms with Crippen LogP contribution < -0.4 is 5.73 Å². The van der Waals surface area contributed by atoms with Crippen molar-refractivity contribution in [2.24, 2.45) is 17.6 Å². The van der Waals surface area contributed by atoms with Crippen molar-refractivity contribution < 1.29 is 9.53 Å². The summed E-state index contributed by atoms with van der Waals surface area (Å²) in [4.78, 5) is 13.4. The zero-order chi connectivity index (χ0) is 18.2. The highest BCUT2D eigenvalue weighted by Crippen LogP contribution is 2.18. The van der Waals surface area contributed by atoms with Crippen LogP contribution in [-0.4, -0.2) is 43.7 Å². The minimum absolute atomic E-state index is 0.0356. The van der Waals surface area contributed by atoms with Gasteiger partial charge in [0.25, 0.3) is 0 Å². The van der Waals surface area contributed by atoms with Crippen LogP contribution in [0.5, 0.6) is 0 Å². The minimum Gasteiger partial charge on any atom is -0.370 e. The lowest BCUT2D eigenvalue weighted by molar-refractivity contribution is -0.122. The molecule has 4 nitrogen and oxygen atoms in total. The molecule has 0 radical (unpaired) electrons. The molecule has 0 aromatic carbocycles. The predicted octanol–water partition coefficient (Wildman–Crippen LogP) is 4.22. The van der Waals surface area contributed by atoms with Crippen molar-refractivity contribution in [3.05, 3.63) is 0 Å². The van der Waals surface area contributed by atoms with Crippen LogP contribution in [0.25, 0.3) is 0 Å². The Morgan fingerprint density at radius 2 is 1.46 bits per heavy atom. The van der Waals surface area contributed by atoms with Crippen molar-refractivity contribution in [3.63, 3.8) is 0 Å². The molecule has 0 saturated carbocycles. The van der Waals surface area contributed by atoms with E-state index >= 15 is 0 Å². The fourth-order valence-electron chi connectivity index (χ4n) is 3.19. The van der Waals surface area contributed by atoms with E-state index in [-0.39, 0.29) is 12.5 Å². The molecule has 0 saturated heterocycles. The third-order valence-corrected chi connectivity index (χ3v) is 4.92. The number of ether oxygens (including phenoxy) is 1. The number of primary amides is 1. The smallest absolute Gasteiger partial charge is 0.243 e. The molecule has 0 aliphatic heterocycles. The number of unbranched alkanes of at least 4 members (excludes halogenated alkanes) is 2. The number of rotatable bonds is 17. The van der Waals surface area contributed by atoms with E-state index in [1.165, 1.54) is 51.4 Å². The molecule has 0 rings (SSSR count). The molecule has 4 heteroatoms. The normalized spacial score (nSPS) is 14.0. The summed E-state index contributed by atoms with van der Waals surface area (Å²) in [6.07, 6.45) is 10.3. The summed E-state index contributed by atoms with van der Waals surface area (Å²) < 4.78 is 5.40. The van der Waals surface area contributed by atoms with Gasteiger partial charge in [-0.05, 0) is 24.7 Å². The molecule has 2 unspecified atom stereocenters. The van der Waals surface area contributed by atoms with Crippen molar-refractivity contribution in [2.75, 3.05) is 32.8 Å². The molecule has 0 fully saturated rings. The molecule has 0 aliphatic rings. The fraction of sp³-hybridized carbons (Fsp3) is 0.950. The van der Waals surface area contributed by atoms with Crippen LogP contribution in [0.1, 0.15) is 79.1 Å². The molecule has 2 atom stereocenters. The molecule has 0 bridgehead atoms. The van der Waals surface area contributed by atoms with Gasteiger partial charge in [-0.25, -0.2) is 0 Å². The van der Waals surface area contributed by atoms with Crippen LogP contribution in [0, 0.1) is 11.8 Å². The van der Waals surface area contributed by atoms with Gasteiger partial charge in [0.2, 0.25) is 5.91 Å². The molecule has 0 heterocycles. The monoisotopic (exact) mass is 342 g/mol. The van der Waals surface area contributed by atoms with E-state index in [1.54, 1.807) is 0 Å². The van der Waals surface area contributed by atoms with E-state index in [2.05, 4.69) is 32.6 Å². The molecule has 1 amide bonds. The largest absolute Gasteiger partial charge is 0.370 e. The molecule has 2 N–H and O–H groups in total. The molecular formula is C20H42N2O2. The van der Waals surface area contributed by atoms with Gasteiger partial charge in [0, 0.05) is 19.6 Å². The lowest BCUT2D eigenvalue weighted by Gasteiger charge is -2.30. The third kappa shape index (κ3) is 12.8. The molecule has 0 aromatic rings. The Balaban J connectivity index is 4.51. The van der Waals surface area contributed by atoms with Crippen molar-refractivity contribution in [3.8, 4) is 0 Å². The number of amides is 1. The molecule has 0 spiro atoms. The van der Waals surface area contributed by atoms with Gasteiger partial charge < -0.3 is 15.4 Å². The van der Waals surface area contributed by atoms with Gasteiger partial charge in [0.05, 0.1) is 6.61 Å². The Kier molecular flexibility index (Phi) is 15.5. The predicted molar refractivity (Wildman–Crippen MR) is 103 cm³/mol. The Morgan fingerprint density at radius 1 is 0.958 bits per heavy atom. The third-order valence-electron chi connectivity index (χ3n) is 4.92. The van der Waals surface area contributed by atoms with Gasteiger partial charge in [-0.2, -0.15) is 0 Å². The second-order valence-electron chi connectivity index (χ2n) is 7.11. The van der Waals surface area contributed by atoms with E-state index in [9.17, 15) is 4.79 Å². The van der Waals surface area contributed by atoms with Crippen LogP contribution in [-0.2, 0) is 9.53 Å². The van der Waals surface area contributed by atoms with E-state index in [0.717, 1.165) is 31.5 Å². The number of nitrogens with two attached hydrogens (primary N) is 1. The van der Waals surface area contributed by atoms with Crippen LogP contribution in [0.3, 0.4) is 0 Å². The number of hydrogen-bond acceptors (Lipinski definition) is 3. The van der Waals surface area contributed by atoms with Gasteiger partial charge >= 0.3 is 0 Å². The molecule has 0 aliphatic carbocycles. The van der Waals surface area contributed by atoms with Gasteiger partial charge in [-0.1, -0.05) is 66.2 Å². The van der Waals surface area contributed by atoms with Crippen LogP contribution >= 0.6 is 0 Å². The Morgan fingerprint density at radius 3 is 1.83 bits per heavy atom. The summed E-state index contributed by atoms with van der Waals surface area (Å²) in [6.45, 7) is 13.0. The van der Waals surface area contributed by atoms with Crippen LogP contribution in [0.15, 0.2) is 0 Å². The molecular weight excluding hydrogens is 300 g/mol. The van der Waals surface area contributed by atoms with E-state index < -0.39 is 0 Å². The lowest BCUT2D eigenvalue weighted by Crippen LogP contribution is -2.37. The summed E-state index contributed by atoms with van der Waals surface area (Å²) >= 11 is 0. The van der Waals surface area contributed by atoms with Crippen molar-refractivity contribution in [2.45, 2.75) is 79.1 Å². The maximum absolute atomic E-state index is 10.8. The fourth-order valence-corrected chi connectivity index (χ4v) is 3.19. The van der Waals surface area contributed by atoms with Crippen molar-refractivity contribution in [1.82, 2.24) is 4.90 Å². The van der Waals surface area contributed by atoms with Crippen molar-refractivity contribution in [1.29, 1.82) is 0 Å². The average Bonchev–Trinajstić information content (AvgIpc) is 2.58. The maximum atomic E-state index is 10.8.